The number of primary amides is 1. The maximum atomic E-state index is 12.2. The van der Waals surface area contributed by atoms with Crippen LogP contribution in [-0.4, -0.2) is 36.2 Å². The molecule has 0 fully saturated rings. The summed E-state index contributed by atoms with van der Waals surface area (Å²) in [5, 5.41) is 2.81. The molecule has 0 bridgehead atoms. The van der Waals surface area contributed by atoms with Gasteiger partial charge in [0.2, 0.25) is 5.91 Å². The number of rotatable bonds is 9. The van der Waals surface area contributed by atoms with Gasteiger partial charge in [0.25, 0.3) is 0 Å². The van der Waals surface area contributed by atoms with Crippen molar-refractivity contribution in [2.24, 2.45) is 5.73 Å². The second kappa shape index (κ2) is 7.50. The summed E-state index contributed by atoms with van der Waals surface area (Å²) in [5.41, 5.74) is 5.28. The molecule has 0 rings (SSSR count). The Morgan fingerprint density at radius 1 is 1.39 bits per heavy atom. The van der Waals surface area contributed by atoms with Gasteiger partial charge in [-0.1, -0.05) is 0 Å². The van der Waals surface area contributed by atoms with Crippen LogP contribution in [0.2, 0.25) is 0 Å². The van der Waals surface area contributed by atoms with Crippen molar-refractivity contribution in [3.63, 3.8) is 0 Å². The second-order valence-corrected chi connectivity index (χ2v) is 7.50. The fraction of sp³-hybridized carbons (Fsp3) is 0.900. The quantitative estimate of drug-likeness (QED) is 0.442. The van der Waals surface area contributed by atoms with E-state index in [0.717, 1.165) is 0 Å². The fourth-order valence-corrected chi connectivity index (χ4v) is 3.09. The first-order chi connectivity index (χ1) is 8.16. The fourth-order valence-electron chi connectivity index (χ4n) is 1.42. The van der Waals surface area contributed by atoms with E-state index in [9.17, 15) is 9.36 Å². The van der Waals surface area contributed by atoms with Gasteiger partial charge in [-0.3, -0.25) is 14.7 Å². The Labute approximate surface area is 114 Å². The summed E-state index contributed by atoms with van der Waals surface area (Å²) in [6, 6.07) is -0.727. The Morgan fingerprint density at radius 2 is 1.83 bits per heavy atom. The molecule has 0 saturated carbocycles. The van der Waals surface area contributed by atoms with Crippen LogP contribution in [0.15, 0.2) is 0 Å². The predicted octanol–water partition coefficient (Wildman–Crippen LogP) is 1.36. The van der Waals surface area contributed by atoms with E-state index in [0.29, 0.717) is 0 Å². The molecular formula is C10H23N2O4PS. The van der Waals surface area contributed by atoms with Gasteiger partial charge in [0, 0.05) is 4.75 Å². The molecule has 0 spiro atoms. The molecule has 0 aromatic heterocycles. The monoisotopic (exact) mass is 298 g/mol. The van der Waals surface area contributed by atoms with Crippen LogP contribution in [0.5, 0.6) is 0 Å². The average molecular weight is 298 g/mol. The minimum atomic E-state index is -3.24. The van der Waals surface area contributed by atoms with Gasteiger partial charge < -0.3 is 14.8 Å². The highest BCUT2D eigenvalue weighted by atomic mass is 32.1. The average Bonchev–Trinajstić information content (AvgIpc) is 2.15. The van der Waals surface area contributed by atoms with Crippen molar-refractivity contribution in [1.82, 2.24) is 5.32 Å². The smallest absolute Gasteiger partial charge is 0.344 e. The van der Waals surface area contributed by atoms with Gasteiger partial charge in [0.05, 0.1) is 19.5 Å². The minimum absolute atomic E-state index is 0.0771. The third-order valence-electron chi connectivity index (χ3n) is 2.13. The van der Waals surface area contributed by atoms with Crippen LogP contribution in [0.3, 0.4) is 0 Å². The number of carbonyl (C=O) groups is 1. The summed E-state index contributed by atoms with van der Waals surface area (Å²) >= 11 is 4.29. The van der Waals surface area contributed by atoms with Crippen molar-refractivity contribution < 1.29 is 18.4 Å². The van der Waals surface area contributed by atoms with E-state index in [-0.39, 0.29) is 19.5 Å². The number of nitrogens with two attached hydrogens (primary N) is 1. The molecule has 1 atom stereocenters. The van der Waals surface area contributed by atoms with Crippen molar-refractivity contribution in [3.8, 4) is 0 Å². The Hall–Kier alpha value is -0.0700. The third kappa shape index (κ3) is 6.20. The third-order valence-corrected chi connectivity index (χ3v) is 4.26. The standard InChI is InChI=1S/C10H23N2O4PS/c1-5-15-17(14,16-6-2)7-12-8(9(11)13)10(3,4)18/h8,12,18H,5-7H2,1-4H3,(H2,11,13)/t8-/m1/s1. The lowest BCUT2D eigenvalue weighted by molar-refractivity contribution is -0.120. The number of thiol groups is 1. The second-order valence-electron chi connectivity index (χ2n) is 4.30. The molecule has 0 unspecified atom stereocenters. The SMILES string of the molecule is CCOP(=O)(CN[C@H](C(N)=O)C(C)(C)S)OCC. The molecule has 0 aromatic rings. The zero-order valence-electron chi connectivity index (χ0n) is 11.3. The van der Waals surface area contributed by atoms with Crippen LogP contribution in [0.1, 0.15) is 27.7 Å². The highest BCUT2D eigenvalue weighted by molar-refractivity contribution is 7.81. The van der Waals surface area contributed by atoms with Crippen molar-refractivity contribution >= 4 is 26.1 Å². The minimum Gasteiger partial charge on any atom is -0.368 e. The van der Waals surface area contributed by atoms with E-state index in [2.05, 4.69) is 17.9 Å². The van der Waals surface area contributed by atoms with Gasteiger partial charge in [0.15, 0.2) is 0 Å². The molecule has 0 aliphatic heterocycles. The molecular weight excluding hydrogens is 275 g/mol. The summed E-state index contributed by atoms with van der Waals surface area (Å²) in [6.07, 6.45) is -0.0771. The van der Waals surface area contributed by atoms with Gasteiger partial charge in [-0.15, -0.1) is 0 Å². The molecule has 1 amide bonds. The molecule has 0 aliphatic rings. The molecule has 108 valence electrons. The summed E-state index contributed by atoms with van der Waals surface area (Å²) in [7, 11) is -3.24. The number of hydrogen-bond acceptors (Lipinski definition) is 6. The van der Waals surface area contributed by atoms with Crippen molar-refractivity contribution in [2.75, 3.05) is 19.5 Å². The number of carbonyl (C=O) groups excluding carboxylic acids is 1. The van der Waals surface area contributed by atoms with Crippen molar-refractivity contribution in [3.05, 3.63) is 0 Å². The van der Waals surface area contributed by atoms with E-state index in [4.69, 9.17) is 14.8 Å². The van der Waals surface area contributed by atoms with E-state index in [1.165, 1.54) is 0 Å². The van der Waals surface area contributed by atoms with E-state index >= 15 is 0 Å². The first-order valence-electron chi connectivity index (χ1n) is 5.79. The Bertz CT molecular complexity index is 309. The lowest BCUT2D eigenvalue weighted by atomic mass is 10.0. The summed E-state index contributed by atoms with van der Waals surface area (Å²) in [4.78, 5) is 11.3. The van der Waals surface area contributed by atoms with Crippen LogP contribution in [0, 0.1) is 0 Å². The van der Waals surface area contributed by atoms with E-state index < -0.39 is 24.3 Å². The van der Waals surface area contributed by atoms with Crippen LogP contribution >= 0.6 is 20.2 Å². The normalized spacial score (nSPS) is 14.5. The summed E-state index contributed by atoms with van der Waals surface area (Å²) in [5.74, 6) is -0.561. The lowest BCUT2D eigenvalue weighted by Gasteiger charge is -2.29. The highest BCUT2D eigenvalue weighted by Crippen LogP contribution is 2.46. The van der Waals surface area contributed by atoms with Gasteiger partial charge in [-0.2, -0.15) is 12.6 Å². The van der Waals surface area contributed by atoms with Crippen LogP contribution < -0.4 is 11.1 Å². The Morgan fingerprint density at radius 3 is 2.11 bits per heavy atom. The zero-order valence-corrected chi connectivity index (χ0v) is 13.1. The van der Waals surface area contributed by atoms with Gasteiger partial charge >= 0.3 is 7.60 Å². The van der Waals surface area contributed by atoms with Crippen molar-refractivity contribution in [2.45, 2.75) is 38.5 Å². The zero-order chi connectivity index (χ0) is 14.4. The van der Waals surface area contributed by atoms with Crippen LogP contribution in [-0.2, 0) is 18.4 Å². The number of amides is 1. The molecule has 0 radical (unpaired) electrons. The number of nitrogens with one attached hydrogen (secondary N) is 1. The van der Waals surface area contributed by atoms with Crippen molar-refractivity contribution in [1.29, 1.82) is 0 Å². The Kier molecular flexibility index (Phi) is 7.47. The Balaban J connectivity index is 4.67. The van der Waals surface area contributed by atoms with E-state index in [1.807, 2.05) is 0 Å². The van der Waals surface area contributed by atoms with Gasteiger partial charge in [0.1, 0.15) is 6.04 Å². The predicted molar refractivity (Wildman–Crippen MR) is 74.9 cm³/mol. The van der Waals surface area contributed by atoms with Crippen LogP contribution in [0.25, 0.3) is 0 Å². The topological polar surface area (TPSA) is 90.6 Å². The molecule has 0 heterocycles. The maximum absolute atomic E-state index is 12.2. The first-order valence-corrected chi connectivity index (χ1v) is 7.97. The largest absolute Gasteiger partial charge is 0.368 e. The van der Waals surface area contributed by atoms with E-state index in [1.54, 1.807) is 27.7 Å². The highest BCUT2D eigenvalue weighted by Gasteiger charge is 2.33. The summed E-state index contributed by atoms with van der Waals surface area (Å²) in [6.45, 7) is 7.46. The summed E-state index contributed by atoms with van der Waals surface area (Å²) < 4.78 is 21.7. The van der Waals surface area contributed by atoms with Gasteiger partial charge in [-0.25, -0.2) is 0 Å². The molecule has 0 aliphatic carbocycles. The molecule has 0 aromatic carbocycles. The molecule has 8 heteroatoms. The lowest BCUT2D eigenvalue weighted by Crippen LogP contribution is -2.52. The van der Waals surface area contributed by atoms with Gasteiger partial charge in [-0.05, 0) is 27.7 Å². The molecule has 0 saturated heterocycles. The maximum Gasteiger partial charge on any atom is 0.344 e. The molecule has 3 N–H and O–H groups in total. The number of hydrogen-bond donors (Lipinski definition) is 3. The van der Waals surface area contributed by atoms with Crippen LogP contribution in [0.4, 0.5) is 0 Å². The first kappa shape index (κ1) is 17.9. The molecule has 18 heavy (non-hydrogen) atoms. The molecule has 6 nitrogen and oxygen atoms in total.